The van der Waals surface area contributed by atoms with E-state index in [1.807, 2.05) is 30.3 Å². The molecule has 0 bridgehead atoms. The Hall–Kier alpha value is -2.37. The molecule has 0 aliphatic carbocycles. The van der Waals surface area contributed by atoms with Gasteiger partial charge in [0.1, 0.15) is 0 Å². The molecule has 0 radical (unpaired) electrons. The van der Waals surface area contributed by atoms with Gasteiger partial charge in [-0.1, -0.05) is 54.1 Å². The minimum atomic E-state index is -0.257. The first kappa shape index (κ1) is 20.9. The normalized spacial score (nSPS) is 20.5. The highest BCUT2D eigenvalue weighted by atomic mass is 35.5. The number of likely N-dealkylation sites (tertiary alicyclic amines) is 2. The molecule has 6 heteroatoms. The largest absolute Gasteiger partial charge is 0.353 e. The third-order valence-corrected chi connectivity index (χ3v) is 6.31. The number of carbonyl (C=O) groups is 2. The molecule has 0 unspecified atom stereocenters. The SMILES string of the molecule is O=C(NC1CCN(Cc2ccccc2)CC1)[C@@H]1CC(=O)N(Cc2ccc(Cl)cc2)C1. The summed E-state index contributed by atoms with van der Waals surface area (Å²) in [5.41, 5.74) is 2.35. The van der Waals surface area contributed by atoms with Crippen molar-refractivity contribution in [3.05, 3.63) is 70.7 Å². The lowest BCUT2D eigenvalue weighted by Crippen LogP contribution is -2.46. The van der Waals surface area contributed by atoms with E-state index in [1.54, 1.807) is 4.90 Å². The number of benzene rings is 2. The van der Waals surface area contributed by atoms with E-state index in [2.05, 4.69) is 34.5 Å². The fourth-order valence-electron chi connectivity index (χ4n) is 4.31. The van der Waals surface area contributed by atoms with Crippen LogP contribution in [0.2, 0.25) is 5.02 Å². The molecule has 2 aromatic rings. The Morgan fingerprint density at radius 3 is 2.33 bits per heavy atom. The number of nitrogens with one attached hydrogen (secondary N) is 1. The molecule has 2 aromatic carbocycles. The Balaban J connectivity index is 1.22. The predicted octanol–water partition coefficient (Wildman–Crippen LogP) is 3.47. The second-order valence-electron chi connectivity index (χ2n) is 8.35. The molecule has 2 saturated heterocycles. The summed E-state index contributed by atoms with van der Waals surface area (Å²) in [5, 5.41) is 3.87. The zero-order valence-electron chi connectivity index (χ0n) is 17.1. The van der Waals surface area contributed by atoms with E-state index in [0.29, 0.717) is 24.5 Å². The monoisotopic (exact) mass is 425 g/mol. The summed E-state index contributed by atoms with van der Waals surface area (Å²) in [6.07, 6.45) is 2.20. The summed E-state index contributed by atoms with van der Waals surface area (Å²) in [5.74, 6) is -0.196. The van der Waals surface area contributed by atoms with Gasteiger partial charge in [0, 0.05) is 50.2 Å². The number of amides is 2. The first-order valence-electron chi connectivity index (χ1n) is 10.7. The van der Waals surface area contributed by atoms with E-state index in [9.17, 15) is 9.59 Å². The van der Waals surface area contributed by atoms with Gasteiger partial charge >= 0.3 is 0 Å². The predicted molar refractivity (Wildman–Crippen MR) is 118 cm³/mol. The summed E-state index contributed by atoms with van der Waals surface area (Å²) >= 11 is 5.93. The molecular weight excluding hydrogens is 398 g/mol. The van der Waals surface area contributed by atoms with Gasteiger partial charge in [-0.3, -0.25) is 14.5 Å². The van der Waals surface area contributed by atoms with Crippen molar-refractivity contribution in [2.45, 2.75) is 38.4 Å². The zero-order valence-corrected chi connectivity index (χ0v) is 17.9. The third-order valence-electron chi connectivity index (χ3n) is 6.05. The van der Waals surface area contributed by atoms with Crippen molar-refractivity contribution < 1.29 is 9.59 Å². The average molecular weight is 426 g/mol. The van der Waals surface area contributed by atoms with Gasteiger partial charge in [-0.2, -0.15) is 0 Å². The van der Waals surface area contributed by atoms with Crippen LogP contribution >= 0.6 is 11.6 Å². The van der Waals surface area contributed by atoms with Gasteiger partial charge in [-0.25, -0.2) is 0 Å². The van der Waals surface area contributed by atoms with Gasteiger partial charge in [0.15, 0.2) is 0 Å². The van der Waals surface area contributed by atoms with E-state index in [-0.39, 0.29) is 23.8 Å². The molecule has 2 aliphatic heterocycles. The maximum absolute atomic E-state index is 12.8. The molecule has 30 heavy (non-hydrogen) atoms. The quantitative estimate of drug-likeness (QED) is 0.771. The summed E-state index contributed by atoms with van der Waals surface area (Å²) < 4.78 is 0. The first-order chi connectivity index (χ1) is 14.6. The van der Waals surface area contributed by atoms with E-state index >= 15 is 0 Å². The minimum Gasteiger partial charge on any atom is -0.353 e. The maximum Gasteiger partial charge on any atom is 0.225 e. The molecule has 0 spiro atoms. The van der Waals surface area contributed by atoms with Crippen LogP contribution in [0.3, 0.4) is 0 Å². The number of carbonyl (C=O) groups excluding carboxylic acids is 2. The van der Waals surface area contributed by atoms with Crippen molar-refractivity contribution in [1.29, 1.82) is 0 Å². The number of rotatable bonds is 6. The molecule has 2 heterocycles. The van der Waals surface area contributed by atoms with Gasteiger partial charge in [-0.05, 0) is 36.1 Å². The van der Waals surface area contributed by atoms with Crippen molar-refractivity contribution in [2.75, 3.05) is 19.6 Å². The summed E-state index contributed by atoms with van der Waals surface area (Å²) in [4.78, 5) is 29.3. The molecular formula is C24H28ClN3O2. The molecule has 5 nitrogen and oxygen atoms in total. The number of halogens is 1. The fraction of sp³-hybridized carbons (Fsp3) is 0.417. The van der Waals surface area contributed by atoms with Gasteiger partial charge in [-0.15, -0.1) is 0 Å². The highest BCUT2D eigenvalue weighted by Crippen LogP contribution is 2.22. The van der Waals surface area contributed by atoms with E-state index < -0.39 is 0 Å². The molecule has 2 fully saturated rings. The molecule has 2 aliphatic rings. The molecule has 0 aromatic heterocycles. The van der Waals surface area contributed by atoms with Gasteiger partial charge in [0.05, 0.1) is 5.92 Å². The Morgan fingerprint density at radius 1 is 0.967 bits per heavy atom. The van der Waals surface area contributed by atoms with E-state index in [4.69, 9.17) is 11.6 Å². The van der Waals surface area contributed by atoms with Crippen LogP contribution < -0.4 is 5.32 Å². The van der Waals surface area contributed by atoms with E-state index in [0.717, 1.165) is 38.0 Å². The maximum atomic E-state index is 12.8. The minimum absolute atomic E-state index is 0.0171. The van der Waals surface area contributed by atoms with Crippen molar-refractivity contribution in [1.82, 2.24) is 15.1 Å². The highest BCUT2D eigenvalue weighted by molar-refractivity contribution is 6.30. The summed E-state index contributed by atoms with van der Waals surface area (Å²) in [6, 6.07) is 18.2. The summed E-state index contributed by atoms with van der Waals surface area (Å²) in [6.45, 7) is 3.92. The third kappa shape index (κ3) is 5.41. The Labute approximate surface area is 183 Å². The van der Waals surface area contributed by atoms with Crippen molar-refractivity contribution in [2.24, 2.45) is 5.92 Å². The molecule has 4 rings (SSSR count). The van der Waals surface area contributed by atoms with Crippen LogP contribution in [0, 0.1) is 5.92 Å². The van der Waals surface area contributed by atoms with Crippen LogP contribution in [-0.4, -0.2) is 47.3 Å². The second kappa shape index (κ2) is 9.63. The zero-order chi connectivity index (χ0) is 20.9. The number of hydrogen-bond donors (Lipinski definition) is 1. The number of piperidine rings is 1. The summed E-state index contributed by atoms with van der Waals surface area (Å²) in [7, 11) is 0. The van der Waals surface area contributed by atoms with Crippen molar-refractivity contribution >= 4 is 23.4 Å². The van der Waals surface area contributed by atoms with Crippen LogP contribution in [0.15, 0.2) is 54.6 Å². The van der Waals surface area contributed by atoms with Gasteiger partial charge in [0.2, 0.25) is 11.8 Å². The fourth-order valence-corrected chi connectivity index (χ4v) is 4.43. The van der Waals surface area contributed by atoms with Crippen molar-refractivity contribution in [3.8, 4) is 0 Å². The number of hydrogen-bond acceptors (Lipinski definition) is 3. The number of nitrogens with zero attached hydrogens (tertiary/aromatic N) is 2. The van der Waals surface area contributed by atoms with Gasteiger partial charge < -0.3 is 10.2 Å². The Bertz CT molecular complexity index is 864. The smallest absolute Gasteiger partial charge is 0.225 e. The lowest BCUT2D eigenvalue weighted by atomic mass is 10.0. The van der Waals surface area contributed by atoms with Crippen LogP contribution in [0.5, 0.6) is 0 Å². The average Bonchev–Trinajstić information content (AvgIpc) is 3.12. The van der Waals surface area contributed by atoms with Crippen LogP contribution in [0.4, 0.5) is 0 Å². The Kier molecular flexibility index (Phi) is 6.70. The van der Waals surface area contributed by atoms with Gasteiger partial charge in [0.25, 0.3) is 0 Å². The first-order valence-corrected chi connectivity index (χ1v) is 11.0. The second-order valence-corrected chi connectivity index (χ2v) is 8.78. The molecule has 0 saturated carbocycles. The van der Waals surface area contributed by atoms with Crippen LogP contribution in [-0.2, 0) is 22.7 Å². The topological polar surface area (TPSA) is 52.7 Å². The molecule has 1 atom stereocenters. The molecule has 1 N–H and O–H groups in total. The van der Waals surface area contributed by atoms with Crippen LogP contribution in [0.1, 0.15) is 30.4 Å². The van der Waals surface area contributed by atoms with E-state index in [1.165, 1.54) is 5.56 Å². The standard InChI is InChI=1S/C24H28ClN3O2/c25-21-8-6-19(7-9-21)16-28-17-20(14-23(28)29)24(30)26-22-10-12-27(13-11-22)15-18-4-2-1-3-5-18/h1-9,20,22H,10-17H2,(H,26,30)/t20-/m1/s1. The highest BCUT2D eigenvalue weighted by Gasteiger charge is 2.35. The Morgan fingerprint density at radius 2 is 1.63 bits per heavy atom. The van der Waals surface area contributed by atoms with Crippen molar-refractivity contribution in [3.63, 3.8) is 0 Å². The molecule has 2 amide bonds. The lowest BCUT2D eigenvalue weighted by Gasteiger charge is -2.32. The molecule has 158 valence electrons. The lowest BCUT2D eigenvalue weighted by molar-refractivity contribution is -0.129. The van der Waals surface area contributed by atoms with Crippen LogP contribution in [0.25, 0.3) is 0 Å².